The molecule has 0 bridgehead atoms. The smallest absolute Gasteiger partial charge is 0.00926 e. The summed E-state index contributed by atoms with van der Waals surface area (Å²) in [5.41, 5.74) is 0. The van der Waals surface area contributed by atoms with Crippen LogP contribution in [0.15, 0.2) is 0 Å². The molecule has 0 saturated heterocycles. The van der Waals surface area contributed by atoms with Gasteiger partial charge in [-0.3, -0.25) is 0 Å². The Morgan fingerprint density at radius 1 is 1.25 bits per heavy atom. The highest BCUT2D eigenvalue weighted by Gasteiger charge is 2.21. The molecule has 1 heteroatoms. The van der Waals surface area contributed by atoms with Crippen LogP contribution in [0.25, 0.3) is 0 Å². The molecule has 1 aliphatic rings. The molecule has 72 valence electrons. The zero-order valence-corrected chi connectivity index (χ0v) is 8.60. The summed E-state index contributed by atoms with van der Waals surface area (Å²) >= 11 is 0. The zero-order chi connectivity index (χ0) is 8.81. The van der Waals surface area contributed by atoms with Crippen LogP contribution in [0.4, 0.5) is 0 Å². The second kappa shape index (κ2) is 5.58. The van der Waals surface area contributed by atoms with Crippen molar-refractivity contribution in [3.63, 3.8) is 0 Å². The Labute approximate surface area is 76.9 Å². The number of nitrogens with one attached hydrogen (secondary N) is 1. The fourth-order valence-electron chi connectivity index (χ4n) is 2.11. The Morgan fingerprint density at radius 3 is 2.67 bits per heavy atom. The molecule has 2 atom stereocenters. The lowest BCUT2D eigenvalue weighted by Crippen LogP contribution is -2.31. The molecular formula is C11H23N. The van der Waals surface area contributed by atoms with Crippen molar-refractivity contribution in [2.45, 2.75) is 58.4 Å². The van der Waals surface area contributed by atoms with E-state index in [2.05, 4.69) is 19.2 Å². The van der Waals surface area contributed by atoms with Crippen LogP contribution in [0.5, 0.6) is 0 Å². The van der Waals surface area contributed by atoms with Gasteiger partial charge in [-0.15, -0.1) is 0 Å². The molecule has 0 amide bonds. The molecule has 1 aliphatic carbocycles. The van der Waals surface area contributed by atoms with Crippen molar-refractivity contribution in [3.8, 4) is 0 Å². The van der Waals surface area contributed by atoms with Gasteiger partial charge in [-0.25, -0.2) is 0 Å². The fraction of sp³-hybridized carbons (Fsp3) is 1.00. The first kappa shape index (κ1) is 10.0. The Morgan fingerprint density at radius 2 is 2.08 bits per heavy atom. The van der Waals surface area contributed by atoms with Gasteiger partial charge in [0.1, 0.15) is 0 Å². The highest BCUT2D eigenvalue weighted by molar-refractivity contribution is 4.79. The lowest BCUT2D eigenvalue weighted by Gasteiger charge is -2.16. The molecule has 0 aromatic rings. The van der Waals surface area contributed by atoms with Gasteiger partial charge in [0.15, 0.2) is 0 Å². The highest BCUT2D eigenvalue weighted by Crippen LogP contribution is 2.24. The largest absolute Gasteiger partial charge is 0.314 e. The molecule has 0 aromatic heterocycles. The molecule has 0 aromatic carbocycles. The van der Waals surface area contributed by atoms with Crippen molar-refractivity contribution in [2.75, 3.05) is 6.54 Å². The van der Waals surface area contributed by atoms with Gasteiger partial charge >= 0.3 is 0 Å². The van der Waals surface area contributed by atoms with Gasteiger partial charge in [0.25, 0.3) is 0 Å². The second-order valence-electron chi connectivity index (χ2n) is 4.18. The van der Waals surface area contributed by atoms with E-state index >= 15 is 0 Å². The Kier molecular flexibility index (Phi) is 4.67. The predicted molar refractivity (Wildman–Crippen MR) is 54.3 cm³/mol. The lowest BCUT2D eigenvalue weighted by molar-refractivity contribution is 0.421. The number of unbranched alkanes of at least 4 members (excludes halogenated alkanes) is 2. The minimum absolute atomic E-state index is 0.835. The van der Waals surface area contributed by atoms with E-state index in [1.54, 1.807) is 0 Å². The van der Waals surface area contributed by atoms with E-state index in [0.717, 1.165) is 12.0 Å². The summed E-state index contributed by atoms with van der Waals surface area (Å²) in [6.07, 6.45) is 8.36. The van der Waals surface area contributed by atoms with Crippen molar-refractivity contribution in [1.29, 1.82) is 0 Å². The van der Waals surface area contributed by atoms with Gasteiger partial charge in [-0.2, -0.15) is 0 Å². The maximum Gasteiger partial charge on any atom is 0.00926 e. The van der Waals surface area contributed by atoms with Gasteiger partial charge in [0, 0.05) is 6.04 Å². The molecule has 1 N–H and O–H groups in total. The quantitative estimate of drug-likeness (QED) is 0.624. The average molecular weight is 169 g/mol. The maximum absolute atomic E-state index is 3.67. The Bertz CT molecular complexity index is 112. The van der Waals surface area contributed by atoms with Crippen molar-refractivity contribution >= 4 is 0 Å². The van der Waals surface area contributed by atoms with Gasteiger partial charge in [-0.1, -0.05) is 33.1 Å². The molecule has 1 nitrogen and oxygen atoms in total. The van der Waals surface area contributed by atoms with Gasteiger partial charge in [-0.05, 0) is 31.7 Å². The van der Waals surface area contributed by atoms with Crippen LogP contribution in [0.2, 0.25) is 0 Å². The topological polar surface area (TPSA) is 12.0 Å². The van der Waals surface area contributed by atoms with Crippen molar-refractivity contribution < 1.29 is 0 Å². The first-order valence-electron chi connectivity index (χ1n) is 5.58. The van der Waals surface area contributed by atoms with E-state index in [1.165, 1.54) is 45.1 Å². The van der Waals surface area contributed by atoms with E-state index < -0.39 is 0 Å². The van der Waals surface area contributed by atoms with Crippen LogP contribution in [-0.2, 0) is 0 Å². The molecular weight excluding hydrogens is 146 g/mol. The normalized spacial score (nSPS) is 29.5. The van der Waals surface area contributed by atoms with Crippen LogP contribution in [0.3, 0.4) is 0 Å². The van der Waals surface area contributed by atoms with Crippen LogP contribution in [0.1, 0.15) is 52.4 Å². The van der Waals surface area contributed by atoms with E-state index in [1.807, 2.05) is 0 Å². The number of hydrogen-bond acceptors (Lipinski definition) is 1. The molecule has 0 spiro atoms. The zero-order valence-electron chi connectivity index (χ0n) is 8.60. The first-order valence-corrected chi connectivity index (χ1v) is 5.58. The van der Waals surface area contributed by atoms with Crippen LogP contribution >= 0.6 is 0 Å². The SMILES string of the molecule is CCCCCN[C@@H]1CCC[C@@H]1C. The Hall–Kier alpha value is -0.0400. The van der Waals surface area contributed by atoms with Crippen molar-refractivity contribution in [1.82, 2.24) is 5.32 Å². The molecule has 0 heterocycles. The number of hydrogen-bond donors (Lipinski definition) is 1. The summed E-state index contributed by atoms with van der Waals surface area (Å²) in [6.45, 7) is 5.88. The molecule has 0 aliphatic heterocycles. The monoisotopic (exact) mass is 169 g/mol. The van der Waals surface area contributed by atoms with E-state index in [4.69, 9.17) is 0 Å². The minimum Gasteiger partial charge on any atom is -0.314 e. The second-order valence-corrected chi connectivity index (χ2v) is 4.18. The first-order chi connectivity index (χ1) is 5.84. The molecule has 1 saturated carbocycles. The summed E-state index contributed by atoms with van der Waals surface area (Å²) in [4.78, 5) is 0. The molecule has 12 heavy (non-hydrogen) atoms. The summed E-state index contributed by atoms with van der Waals surface area (Å²) in [5.74, 6) is 0.923. The van der Waals surface area contributed by atoms with Crippen molar-refractivity contribution in [2.24, 2.45) is 5.92 Å². The summed E-state index contributed by atoms with van der Waals surface area (Å²) in [6, 6.07) is 0.835. The standard InChI is InChI=1S/C11H23N/c1-3-4-5-9-12-11-8-6-7-10(11)2/h10-12H,3-9H2,1-2H3/t10-,11+/m0/s1. The molecule has 1 rings (SSSR count). The van der Waals surface area contributed by atoms with Gasteiger partial charge < -0.3 is 5.32 Å². The number of rotatable bonds is 5. The predicted octanol–water partition coefficient (Wildman–Crippen LogP) is 2.95. The van der Waals surface area contributed by atoms with Crippen LogP contribution in [-0.4, -0.2) is 12.6 Å². The molecule has 0 radical (unpaired) electrons. The summed E-state index contributed by atoms with van der Waals surface area (Å²) < 4.78 is 0. The molecule has 1 fully saturated rings. The van der Waals surface area contributed by atoms with E-state index in [-0.39, 0.29) is 0 Å². The van der Waals surface area contributed by atoms with Gasteiger partial charge in [0.05, 0.1) is 0 Å². The van der Waals surface area contributed by atoms with Crippen LogP contribution in [0, 0.1) is 5.92 Å². The Balaban J connectivity index is 1.98. The third-order valence-corrected chi connectivity index (χ3v) is 3.05. The third kappa shape index (κ3) is 3.14. The van der Waals surface area contributed by atoms with Crippen molar-refractivity contribution in [3.05, 3.63) is 0 Å². The summed E-state index contributed by atoms with van der Waals surface area (Å²) in [5, 5.41) is 3.67. The fourth-order valence-corrected chi connectivity index (χ4v) is 2.11. The molecule has 0 unspecified atom stereocenters. The average Bonchev–Trinajstić information content (AvgIpc) is 2.46. The van der Waals surface area contributed by atoms with Crippen LogP contribution < -0.4 is 5.32 Å². The highest BCUT2D eigenvalue weighted by atomic mass is 14.9. The summed E-state index contributed by atoms with van der Waals surface area (Å²) in [7, 11) is 0. The lowest BCUT2D eigenvalue weighted by atomic mass is 10.1. The minimum atomic E-state index is 0.835. The third-order valence-electron chi connectivity index (χ3n) is 3.05. The van der Waals surface area contributed by atoms with E-state index in [9.17, 15) is 0 Å². The van der Waals surface area contributed by atoms with Gasteiger partial charge in [0.2, 0.25) is 0 Å². The van der Waals surface area contributed by atoms with E-state index in [0.29, 0.717) is 0 Å². The maximum atomic E-state index is 3.67.